The normalized spacial score (nSPS) is 40.1. The van der Waals surface area contributed by atoms with Gasteiger partial charge in [-0.3, -0.25) is 5.32 Å². The van der Waals surface area contributed by atoms with Crippen LogP contribution in [0.5, 0.6) is 0 Å². The lowest BCUT2D eigenvalue weighted by molar-refractivity contribution is 0.130. The summed E-state index contributed by atoms with van der Waals surface area (Å²) in [4.78, 5) is 0. The quantitative estimate of drug-likeness (QED) is 0.547. The molecule has 0 aromatic heterocycles. The summed E-state index contributed by atoms with van der Waals surface area (Å²) in [5, 5.41) is 6.22. The van der Waals surface area contributed by atoms with Crippen LogP contribution in [0.1, 0.15) is 19.3 Å². The lowest BCUT2D eigenvalue weighted by Gasteiger charge is -2.38. The molecule has 3 heteroatoms. The zero-order chi connectivity index (χ0) is 7.68. The van der Waals surface area contributed by atoms with Crippen molar-refractivity contribution in [1.29, 1.82) is 0 Å². The number of piperidine rings is 1. The fourth-order valence-corrected chi connectivity index (χ4v) is 1.88. The number of hydrogen-bond donors (Lipinski definition) is 2. The maximum atomic E-state index is 12.8. The summed E-state index contributed by atoms with van der Waals surface area (Å²) < 4.78 is 12.8. The molecule has 2 nitrogen and oxygen atoms in total. The molecule has 64 valence electrons. The minimum absolute atomic E-state index is 0.444. The number of hydrogen-bond acceptors (Lipinski definition) is 2. The van der Waals surface area contributed by atoms with Crippen LogP contribution in [0.4, 0.5) is 4.39 Å². The fraction of sp³-hybridized carbons (Fsp3) is 1.00. The van der Waals surface area contributed by atoms with E-state index in [4.69, 9.17) is 0 Å². The van der Waals surface area contributed by atoms with Gasteiger partial charge in [-0.2, -0.15) is 0 Å². The third-order valence-electron chi connectivity index (χ3n) is 2.75. The van der Waals surface area contributed by atoms with Gasteiger partial charge in [0, 0.05) is 19.1 Å². The molecular weight excluding hydrogens is 143 g/mol. The van der Waals surface area contributed by atoms with Crippen LogP contribution >= 0.6 is 0 Å². The fourth-order valence-electron chi connectivity index (χ4n) is 1.88. The summed E-state index contributed by atoms with van der Waals surface area (Å²) in [7, 11) is 0. The molecule has 2 fully saturated rings. The van der Waals surface area contributed by atoms with Crippen molar-refractivity contribution < 1.29 is 4.39 Å². The average Bonchev–Trinajstić information content (AvgIpc) is 1.83. The molecule has 0 bridgehead atoms. The van der Waals surface area contributed by atoms with Crippen molar-refractivity contribution in [2.45, 2.75) is 31.6 Å². The molecule has 2 N–H and O–H groups in total. The van der Waals surface area contributed by atoms with Crippen molar-refractivity contribution in [1.82, 2.24) is 10.6 Å². The van der Waals surface area contributed by atoms with E-state index in [1.165, 1.54) is 0 Å². The van der Waals surface area contributed by atoms with Gasteiger partial charge in [0.15, 0.2) is 6.30 Å². The van der Waals surface area contributed by atoms with Crippen LogP contribution in [0.25, 0.3) is 0 Å². The maximum Gasteiger partial charge on any atom is 0.151 e. The first kappa shape index (κ1) is 7.50. The third kappa shape index (κ3) is 1.54. The molecule has 2 aliphatic heterocycles. The molecule has 2 heterocycles. The van der Waals surface area contributed by atoms with Crippen LogP contribution in [0, 0.1) is 5.92 Å². The Balaban J connectivity index is 1.82. The van der Waals surface area contributed by atoms with Crippen molar-refractivity contribution in [3.05, 3.63) is 0 Å². The van der Waals surface area contributed by atoms with Crippen LogP contribution in [-0.2, 0) is 0 Å². The number of halogens is 1. The van der Waals surface area contributed by atoms with Crippen molar-refractivity contribution in [2.24, 2.45) is 5.92 Å². The van der Waals surface area contributed by atoms with Gasteiger partial charge in [0.05, 0.1) is 0 Å². The Bertz CT molecular complexity index is 136. The second-order valence-electron chi connectivity index (χ2n) is 3.59. The zero-order valence-corrected chi connectivity index (χ0v) is 6.65. The summed E-state index contributed by atoms with van der Waals surface area (Å²) in [5.74, 6) is 0.688. The van der Waals surface area contributed by atoms with Gasteiger partial charge in [-0.25, -0.2) is 4.39 Å². The first-order valence-electron chi connectivity index (χ1n) is 4.47. The molecule has 2 atom stereocenters. The van der Waals surface area contributed by atoms with Crippen molar-refractivity contribution in [3.63, 3.8) is 0 Å². The summed E-state index contributed by atoms with van der Waals surface area (Å²) in [6.45, 7) is 2.15. The van der Waals surface area contributed by atoms with E-state index in [0.717, 1.165) is 25.9 Å². The van der Waals surface area contributed by atoms with Gasteiger partial charge in [-0.1, -0.05) is 0 Å². The predicted octanol–water partition coefficient (Wildman–Crippen LogP) is 0.644. The first-order valence-corrected chi connectivity index (χ1v) is 4.47. The van der Waals surface area contributed by atoms with Gasteiger partial charge in [0.1, 0.15) is 0 Å². The van der Waals surface area contributed by atoms with Gasteiger partial charge in [-0.05, 0) is 25.2 Å². The van der Waals surface area contributed by atoms with E-state index in [2.05, 4.69) is 10.6 Å². The Morgan fingerprint density at radius 1 is 1.18 bits per heavy atom. The minimum Gasteiger partial charge on any atom is -0.316 e. The van der Waals surface area contributed by atoms with E-state index >= 15 is 0 Å². The van der Waals surface area contributed by atoms with Crippen LogP contribution < -0.4 is 10.6 Å². The zero-order valence-electron chi connectivity index (χ0n) is 6.65. The smallest absolute Gasteiger partial charge is 0.151 e. The number of nitrogens with one attached hydrogen (secondary N) is 2. The molecule has 2 rings (SSSR count). The molecule has 0 aliphatic carbocycles. The topological polar surface area (TPSA) is 24.1 Å². The van der Waals surface area contributed by atoms with Crippen molar-refractivity contribution in [3.8, 4) is 0 Å². The van der Waals surface area contributed by atoms with Crippen LogP contribution in [0.15, 0.2) is 0 Å². The summed E-state index contributed by atoms with van der Waals surface area (Å²) in [6, 6.07) is 0.444. The van der Waals surface area contributed by atoms with E-state index in [1.54, 1.807) is 0 Å². The molecular formula is C8H15FN2. The average molecular weight is 158 g/mol. The lowest BCUT2D eigenvalue weighted by atomic mass is 9.88. The summed E-state index contributed by atoms with van der Waals surface area (Å²) in [5.41, 5.74) is 0. The second-order valence-corrected chi connectivity index (χ2v) is 3.59. The van der Waals surface area contributed by atoms with Gasteiger partial charge in [0.25, 0.3) is 0 Å². The third-order valence-corrected chi connectivity index (χ3v) is 2.75. The Morgan fingerprint density at radius 3 is 2.55 bits per heavy atom. The van der Waals surface area contributed by atoms with Crippen LogP contribution in [-0.4, -0.2) is 25.4 Å². The minimum atomic E-state index is -0.741. The molecule has 0 saturated carbocycles. The van der Waals surface area contributed by atoms with Crippen molar-refractivity contribution in [2.75, 3.05) is 13.1 Å². The van der Waals surface area contributed by atoms with Crippen LogP contribution in [0.3, 0.4) is 0 Å². The highest BCUT2D eigenvalue weighted by Gasteiger charge is 2.30. The molecule has 0 radical (unpaired) electrons. The monoisotopic (exact) mass is 158 g/mol. The molecule has 2 aliphatic rings. The molecule has 0 aromatic rings. The van der Waals surface area contributed by atoms with Gasteiger partial charge < -0.3 is 5.32 Å². The standard InChI is InChI=1S/C8H15FN2/c9-8-3-1-2-7(11-8)6-4-10-5-6/h6-8,10-11H,1-5H2. The Kier molecular flexibility index (Phi) is 2.09. The maximum absolute atomic E-state index is 12.8. The predicted molar refractivity (Wildman–Crippen MR) is 42.0 cm³/mol. The second kappa shape index (κ2) is 3.07. The molecule has 2 saturated heterocycles. The van der Waals surface area contributed by atoms with Crippen LogP contribution in [0.2, 0.25) is 0 Å². The van der Waals surface area contributed by atoms with E-state index in [-0.39, 0.29) is 0 Å². The highest BCUT2D eigenvalue weighted by atomic mass is 19.1. The van der Waals surface area contributed by atoms with E-state index in [1.807, 2.05) is 0 Å². The molecule has 0 spiro atoms. The SMILES string of the molecule is FC1CCCC(C2CNC2)N1. The molecule has 2 unspecified atom stereocenters. The summed E-state index contributed by atoms with van der Waals surface area (Å²) in [6.07, 6.45) is 2.17. The Morgan fingerprint density at radius 2 is 2.00 bits per heavy atom. The molecule has 0 amide bonds. The Labute approximate surface area is 66.5 Å². The highest BCUT2D eigenvalue weighted by molar-refractivity contribution is 4.88. The first-order chi connectivity index (χ1) is 5.36. The largest absolute Gasteiger partial charge is 0.316 e. The Hall–Kier alpha value is -0.150. The number of rotatable bonds is 1. The van der Waals surface area contributed by atoms with Gasteiger partial charge >= 0.3 is 0 Å². The molecule has 11 heavy (non-hydrogen) atoms. The van der Waals surface area contributed by atoms with E-state index in [0.29, 0.717) is 18.4 Å². The van der Waals surface area contributed by atoms with Gasteiger partial charge in [0.2, 0.25) is 0 Å². The number of alkyl halides is 1. The molecule has 0 aromatic carbocycles. The van der Waals surface area contributed by atoms with E-state index < -0.39 is 6.30 Å². The van der Waals surface area contributed by atoms with Crippen molar-refractivity contribution >= 4 is 0 Å². The summed E-state index contributed by atoms with van der Waals surface area (Å²) >= 11 is 0. The lowest BCUT2D eigenvalue weighted by Crippen LogP contribution is -2.56. The highest BCUT2D eigenvalue weighted by Crippen LogP contribution is 2.21. The van der Waals surface area contributed by atoms with E-state index in [9.17, 15) is 4.39 Å². The van der Waals surface area contributed by atoms with Gasteiger partial charge in [-0.15, -0.1) is 0 Å².